The van der Waals surface area contributed by atoms with E-state index in [2.05, 4.69) is 4.98 Å². The van der Waals surface area contributed by atoms with Crippen molar-refractivity contribution in [2.24, 2.45) is 0 Å². The summed E-state index contributed by atoms with van der Waals surface area (Å²) in [6.45, 7) is 3.77. The second-order valence-corrected chi connectivity index (χ2v) is 5.04. The van der Waals surface area contributed by atoms with Crippen LogP contribution in [0.15, 0.2) is 30.5 Å². The average molecular weight is 271 g/mol. The third-order valence-electron chi connectivity index (χ3n) is 3.58. The monoisotopic (exact) mass is 271 g/mol. The standard InChI is InChI=1S/C15H17N3O2/c1-10-9-18(6-7-20-10)15(19)13-8-17-14(16)12-5-3-2-4-11(12)13/h2-5,8,10H,6-7,9H2,1H3,(H2,16,17). The highest BCUT2D eigenvalue weighted by molar-refractivity contribution is 6.08. The number of pyridine rings is 1. The lowest BCUT2D eigenvalue weighted by molar-refractivity contribution is -0.0123. The molecule has 2 N–H and O–H groups in total. The van der Waals surface area contributed by atoms with Crippen molar-refractivity contribution in [1.82, 2.24) is 9.88 Å². The zero-order chi connectivity index (χ0) is 14.1. The van der Waals surface area contributed by atoms with Gasteiger partial charge in [-0.05, 0) is 12.3 Å². The number of nitrogens with two attached hydrogens (primary N) is 1. The molecule has 0 saturated carbocycles. The van der Waals surface area contributed by atoms with E-state index < -0.39 is 0 Å². The van der Waals surface area contributed by atoms with Gasteiger partial charge < -0.3 is 15.4 Å². The molecule has 1 fully saturated rings. The molecule has 5 heteroatoms. The van der Waals surface area contributed by atoms with E-state index in [1.807, 2.05) is 36.1 Å². The first kappa shape index (κ1) is 12.9. The van der Waals surface area contributed by atoms with E-state index in [-0.39, 0.29) is 12.0 Å². The largest absolute Gasteiger partial charge is 0.383 e. The highest BCUT2D eigenvalue weighted by Crippen LogP contribution is 2.24. The van der Waals surface area contributed by atoms with Crippen LogP contribution in [-0.2, 0) is 4.74 Å². The fourth-order valence-electron chi connectivity index (χ4n) is 2.56. The highest BCUT2D eigenvalue weighted by atomic mass is 16.5. The number of rotatable bonds is 1. The molecule has 1 unspecified atom stereocenters. The average Bonchev–Trinajstić information content (AvgIpc) is 2.47. The van der Waals surface area contributed by atoms with Gasteiger partial charge in [-0.3, -0.25) is 4.79 Å². The van der Waals surface area contributed by atoms with Crippen molar-refractivity contribution in [2.75, 3.05) is 25.4 Å². The Kier molecular flexibility index (Phi) is 3.28. The van der Waals surface area contributed by atoms with Crippen LogP contribution in [0.25, 0.3) is 10.8 Å². The number of aromatic nitrogens is 1. The van der Waals surface area contributed by atoms with E-state index in [0.717, 1.165) is 10.8 Å². The Morgan fingerprint density at radius 1 is 1.40 bits per heavy atom. The molecule has 1 aromatic carbocycles. The molecule has 5 nitrogen and oxygen atoms in total. The lowest BCUT2D eigenvalue weighted by Crippen LogP contribution is -2.44. The summed E-state index contributed by atoms with van der Waals surface area (Å²) in [6.07, 6.45) is 1.64. The molecule has 0 radical (unpaired) electrons. The van der Waals surface area contributed by atoms with Gasteiger partial charge in [-0.15, -0.1) is 0 Å². The van der Waals surface area contributed by atoms with Gasteiger partial charge in [0, 0.05) is 24.7 Å². The predicted molar refractivity (Wildman–Crippen MR) is 77.5 cm³/mol. The molecule has 0 bridgehead atoms. The third-order valence-corrected chi connectivity index (χ3v) is 3.58. The fraction of sp³-hybridized carbons (Fsp3) is 0.333. The van der Waals surface area contributed by atoms with E-state index in [0.29, 0.717) is 31.1 Å². The van der Waals surface area contributed by atoms with Crippen molar-refractivity contribution in [3.63, 3.8) is 0 Å². The Morgan fingerprint density at radius 3 is 2.90 bits per heavy atom. The van der Waals surface area contributed by atoms with E-state index >= 15 is 0 Å². The maximum absolute atomic E-state index is 12.7. The molecule has 104 valence electrons. The minimum absolute atomic E-state index is 0.0103. The number of hydrogen-bond donors (Lipinski definition) is 1. The number of carbonyl (C=O) groups excluding carboxylic acids is 1. The van der Waals surface area contributed by atoms with Crippen LogP contribution in [0.2, 0.25) is 0 Å². The normalized spacial score (nSPS) is 19.2. The quantitative estimate of drug-likeness (QED) is 0.856. The molecule has 1 atom stereocenters. The Hall–Kier alpha value is -2.14. The SMILES string of the molecule is CC1CN(C(=O)c2cnc(N)c3ccccc23)CCO1. The number of morpholine rings is 1. The van der Waals surface area contributed by atoms with Gasteiger partial charge in [0.2, 0.25) is 0 Å². The zero-order valence-corrected chi connectivity index (χ0v) is 11.4. The van der Waals surface area contributed by atoms with Gasteiger partial charge in [-0.25, -0.2) is 4.98 Å². The number of amides is 1. The molecule has 1 saturated heterocycles. The van der Waals surface area contributed by atoms with Crippen molar-refractivity contribution < 1.29 is 9.53 Å². The molecule has 2 aromatic rings. The summed E-state index contributed by atoms with van der Waals surface area (Å²) in [5.41, 5.74) is 6.47. The number of fused-ring (bicyclic) bond motifs is 1. The first-order chi connectivity index (χ1) is 9.66. The molecule has 1 amide bonds. The summed E-state index contributed by atoms with van der Waals surface area (Å²) in [5.74, 6) is 0.441. The van der Waals surface area contributed by atoms with Crippen LogP contribution in [0.1, 0.15) is 17.3 Å². The third kappa shape index (κ3) is 2.20. The number of anilines is 1. The molecular formula is C15H17N3O2. The highest BCUT2D eigenvalue weighted by Gasteiger charge is 2.24. The second-order valence-electron chi connectivity index (χ2n) is 5.04. The summed E-state index contributed by atoms with van der Waals surface area (Å²) in [6, 6.07) is 7.59. The van der Waals surface area contributed by atoms with Crippen LogP contribution in [0.3, 0.4) is 0 Å². The van der Waals surface area contributed by atoms with Gasteiger partial charge in [0.1, 0.15) is 5.82 Å². The molecule has 0 spiro atoms. The molecule has 1 aromatic heterocycles. The number of hydrogen-bond acceptors (Lipinski definition) is 4. The molecule has 1 aliphatic rings. The Bertz CT molecular complexity index is 657. The van der Waals surface area contributed by atoms with E-state index in [9.17, 15) is 4.79 Å². The fourth-order valence-corrected chi connectivity index (χ4v) is 2.56. The first-order valence-electron chi connectivity index (χ1n) is 6.71. The van der Waals surface area contributed by atoms with Crippen molar-refractivity contribution in [1.29, 1.82) is 0 Å². The number of carbonyl (C=O) groups is 1. The van der Waals surface area contributed by atoms with E-state index in [1.165, 1.54) is 0 Å². The number of nitrogen functional groups attached to an aromatic ring is 1. The Labute approximate surface area is 117 Å². The summed E-state index contributed by atoms with van der Waals surface area (Å²) >= 11 is 0. The molecule has 2 heterocycles. The van der Waals surface area contributed by atoms with Gasteiger partial charge in [0.15, 0.2) is 0 Å². The summed E-state index contributed by atoms with van der Waals surface area (Å²) in [7, 11) is 0. The summed E-state index contributed by atoms with van der Waals surface area (Å²) < 4.78 is 5.47. The van der Waals surface area contributed by atoms with Gasteiger partial charge in [0.25, 0.3) is 5.91 Å². The second kappa shape index (κ2) is 5.09. The van der Waals surface area contributed by atoms with Crippen molar-refractivity contribution in [3.05, 3.63) is 36.0 Å². The summed E-state index contributed by atoms with van der Waals surface area (Å²) in [4.78, 5) is 18.6. The number of benzene rings is 1. The van der Waals surface area contributed by atoms with Crippen molar-refractivity contribution in [3.8, 4) is 0 Å². The first-order valence-corrected chi connectivity index (χ1v) is 6.71. The lowest BCUT2D eigenvalue weighted by Gasteiger charge is -2.31. The predicted octanol–water partition coefficient (Wildman–Crippen LogP) is 1.68. The maximum atomic E-state index is 12.7. The van der Waals surface area contributed by atoms with Gasteiger partial charge in [-0.2, -0.15) is 0 Å². The topological polar surface area (TPSA) is 68.5 Å². The van der Waals surface area contributed by atoms with Crippen LogP contribution < -0.4 is 5.73 Å². The van der Waals surface area contributed by atoms with Crippen molar-refractivity contribution in [2.45, 2.75) is 13.0 Å². The molecular weight excluding hydrogens is 254 g/mol. The van der Waals surface area contributed by atoms with Crippen LogP contribution >= 0.6 is 0 Å². The minimum atomic E-state index is -0.0103. The Balaban J connectivity index is 2.01. The summed E-state index contributed by atoms with van der Waals surface area (Å²) in [5, 5.41) is 1.67. The van der Waals surface area contributed by atoms with Gasteiger partial charge in [0.05, 0.1) is 18.3 Å². The van der Waals surface area contributed by atoms with E-state index in [1.54, 1.807) is 6.20 Å². The van der Waals surface area contributed by atoms with Crippen LogP contribution in [0.4, 0.5) is 5.82 Å². The number of ether oxygens (including phenoxy) is 1. The lowest BCUT2D eigenvalue weighted by atomic mass is 10.1. The van der Waals surface area contributed by atoms with E-state index in [4.69, 9.17) is 10.5 Å². The van der Waals surface area contributed by atoms with Gasteiger partial charge >= 0.3 is 0 Å². The molecule has 20 heavy (non-hydrogen) atoms. The van der Waals surface area contributed by atoms with Crippen LogP contribution in [0, 0.1) is 0 Å². The minimum Gasteiger partial charge on any atom is -0.383 e. The zero-order valence-electron chi connectivity index (χ0n) is 11.4. The molecule has 3 rings (SSSR count). The smallest absolute Gasteiger partial charge is 0.256 e. The maximum Gasteiger partial charge on any atom is 0.256 e. The van der Waals surface area contributed by atoms with Crippen LogP contribution in [0.5, 0.6) is 0 Å². The Morgan fingerprint density at radius 2 is 2.15 bits per heavy atom. The van der Waals surface area contributed by atoms with Crippen LogP contribution in [-0.4, -0.2) is 41.6 Å². The number of nitrogens with zero attached hydrogens (tertiary/aromatic N) is 2. The van der Waals surface area contributed by atoms with Gasteiger partial charge in [-0.1, -0.05) is 24.3 Å². The van der Waals surface area contributed by atoms with Crippen molar-refractivity contribution >= 4 is 22.5 Å². The molecule has 0 aliphatic carbocycles. The molecule has 1 aliphatic heterocycles.